The van der Waals surface area contributed by atoms with Gasteiger partial charge in [-0.3, -0.25) is 0 Å². The molecule has 0 unspecified atom stereocenters. The summed E-state index contributed by atoms with van der Waals surface area (Å²) in [4.78, 5) is 0. The molecule has 0 atom stereocenters. The Balaban J connectivity index is 1.75. The number of aryl methyl sites for hydroxylation is 1. The van der Waals surface area contributed by atoms with Crippen LogP contribution in [0.3, 0.4) is 0 Å². The summed E-state index contributed by atoms with van der Waals surface area (Å²) in [5, 5.41) is 4.46. The minimum atomic E-state index is 1.20. The highest BCUT2D eigenvalue weighted by Gasteiger charge is 1.95. The van der Waals surface area contributed by atoms with Crippen LogP contribution in [0, 0.1) is 0 Å². The lowest BCUT2D eigenvalue weighted by Gasteiger charge is -2.02. The van der Waals surface area contributed by atoms with Crippen LogP contribution in [-0.2, 0) is 6.42 Å². The molecule has 1 rings (SSSR count). The van der Waals surface area contributed by atoms with Crippen molar-refractivity contribution in [1.82, 2.24) is 0 Å². The standard InChI is InChI=1S/C17H28S/c1-2-3-4-5-6-7-8-9-10-11-12-13-17-14-15-18-16-17/h2,14-16H,1,3-13H2. The van der Waals surface area contributed by atoms with Gasteiger partial charge in [0.1, 0.15) is 0 Å². The lowest BCUT2D eigenvalue weighted by molar-refractivity contribution is 0.560. The van der Waals surface area contributed by atoms with Gasteiger partial charge in [0.25, 0.3) is 0 Å². The van der Waals surface area contributed by atoms with Crippen molar-refractivity contribution >= 4 is 11.3 Å². The van der Waals surface area contributed by atoms with E-state index in [0.717, 1.165) is 0 Å². The maximum atomic E-state index is 3.76. The van der Waals surface area contributed by atoms with Crippen molar-refractivity contribution in [3.63, 3.8) is 0 Å². The molecule has 1 aromatic heterocycles. The Kier molecular flexibility index (Phi) is 9.92. The lowest BCUT2D eigenvalue weighted by atomic mass is 10.0. The molecular formula is C17H28S. The Morgan fingerprint density at radius 2 is 1.50 bits per heavy atom. The first-order valence-corrected chi connectivity index (χ1v) is 8.49. The molecule has 0 saturated heterocycles. The van der Waals surface area contributed by atoms with E-state index in [4.69, 9.17) is 0 Å². The summed E-state index contributed by atoms with van der Waals surface area (Å²) in [6, 6.07) is 2.26. The molecule has 0 nitrogen and oxygen atoms in total. The molecule has 0 N–H and O–H groups in total. The van der Waals surface area contributed by atoms with Gasteiger partial charge in [0.2, 0.25) is 0 Å². The van der Waals surface area contributed by atoms with Crippen molar-refractivity contribution in [1.29, 1.82) is 0 Å². The largest absolute Gasteiger partial charge is 0.152 e. The van der Waals surface area contributed by atoms with Crippen molar-refractivity contribution in [3.05, 3.63) is 35.0 Å². The summed E-state index contributed by atoms with van der Waals surface area (Å²) >= 11 is 1.82. The Morgan fingerprint density at radius 3 is 2.06 bits per heavy atom. The third kappa shape index (κ3) is 8.52. The number of hydrogen-bond acceptors (Lipinski definition) is 1. The van der Waals surface area contributed by atoms with Gasteiger partial charge in [-0.05, 0) is 48.1 Å². The van der Waals surface area contributed by atoms with Crippen LogP contribution in [0.15, 0.2) is 29.5 Å². The van der Waals surface area contributed by atoms with Crippen LogP contribution in [0.4, 0.5) is 0 Å². The Hall–Kier alpha value is -0.560. The van der Waals surface area contributed by atoms with E-state index < -0.39 is 0 Å². The van der Waals surface area contributed by atoms with Crippen LogP contribution in [0.2, 0.25) is 0 Å². The molecule has 1 heterocycles. The maximum Gasteiger partial charge on any atom is -0.00613 e. The predicted molar refractivity (Wildman–Crippen MR) is 84.4 cm³/mol. The minimum absolute atomic E-state index is 1.20. The van der Waals surface area contributed by atoms with E-state index in [2.05, 4.69) is 23.4 Å². The monoisotopic (exact) mass is 264 g/mol. The number of allylic oxidation sites excluding steroid dienone is 1. The molecule has 0 saturated carbocycles. The van der Waals surface area contributed by atoms with E-state index in [1.807, 2.05) is 17.4 Å². The molecule has 102 valence electrons. The highest BCUT2D eigenvalue weighted by molar-refractivity contribution is 7.07. The van der Waals surface area contributed by atoms with Gasteiger partial charge in [-0.2, -0.15) is 11.3 Å². The molecule has 0 aliphatic rings. The second-order valence-electron chi connectivity index (χ2n) is 5.14. The number of rotatable bonds is 12. The summed E-state index contributed by atoms with van der Waals surface area (Å²) in [7, 11) is 0. The Labute approximate surface area is 117 Å². The second kappa shape index (κ2) is 11.5. The molecule has 1 heteroatoms. The predicted octanol–water partition coefficient (Wildman–Crippen LogP) is 6.38. The van der Waals surface area contributed by atoms with Gasteiger partial charge < -0.3 is 0 Å². The zero-order valence-corrected chi connectivity index (χ0v) is 12.5. The summed E-state index contributed by atoms with van der Waals surface area (Å²) in [5.41, 5.74) is 1.53. The SMILES string of the molecule is C=CCCCCCCCCCCCc1ccsc1. The molecule has 0 aliphatic carbocycles. The normalized spacial score (nSPS) is 10.7. The number of thiophene rings is 1. The molecule has 0 radical (unpaired) electrons. The van der Waals surface area contributed by atoms with Gasteiger partial charge in [-0.15, -0.1) is 6.58 Å². The number of unbranched alkanes of at least 4 members (excludes halogenated alkanes) is 9. The average molecular weight is 264 g/mol. The first-order valence-electron chi connectivity index (χ1n) is 7.55. The third-order valence-electron chi connectivity index (χ3n) is 3.45. The molecule has 0 fully saturated rings. The van der Waals surface area contributed by atoms with E-state index in [1.54, 1.807) is 0 Å². The molecule has 0 amide bonds. The highest BCUT2D eigenvalue weighted by atomic mass is 32.1. The molecule has 0 aliphatic heterocycles. The van der Waals surface area contributed by atoms with Gasteiger partial charge in [-0.1, -0.05) is 51.0 Å². The fourth-order valence-electron chi connectivity index (χ4n) is 2.29. The van der Waals surface area contributed by atoms with E-state index >= 15 is 0 Å². The Morgan fingerprint density at radius 1 is 0.889 bits per heavy atom. The van der Waals surface area contributed by atoms with Crippen LogP contribution in [-0.4, -0.2) is 0 Å². The average Bonchev–Trinajstić information content (AvgIpc) is 2.89. The van der Waals surface area contributed by atoms with Gasteiger partial charge in [0, 0.05) is 0 Å². The number of hydrogen-bond donors (Lipinski definition) is 0. The summed E-state index contributed by atoms with van der Waals surface area (Å²) in [6.45, 7) is 3.76. The molecule has 0 spiro atoms. The first-order chi connectivity index (χ1) is 8.93. The van der Waals surface area contributed by atoms with Crippen molar-refractivity contribution in [3.8, 4) is 0 Å². The van der Waals surface area contributed by atoms with Gasteiger partial charge in [0.15, 0.2) is 0 Å². The third-order valence-corrected chi connectivity index (χ3v) is 4.19. The van der Waals surface area contributed by atoms with E-state index in [9.17, 15) is 0 Å². The van der Waals surface area contributed by atoms with Crippen LogP contribution in [0.5, 0.6) is 0 Å². The van der Waals surface area contributed by atoms with Crippen molar-refractivity contribution in [2.45, 2.75) is 70.6 Å². The Bertz CT molecular complexity index is 274. The van der Waals surface area contributed by atoms with Gasteiger partial charge in [-0.25, -0.2) is 0 Å². The first kappa shape index (κ1) is 15.5. The highest BCUT2D eigenvalue weighted by Crippen LogP contribution is 2.13. The molecule has 0 aromatic carbocycles. The van der Waals surface area contributed by atoms with Gasteiger partial charge >= 0.3 is 0 Å². The van der Waals surface area contributed by atoms with Crippen LogP contribution in [0.25, 0.3) is 0 Å². The zero-order valence-electron chi connectivity index (χ0n) is 11.7. The zero-order chi connectivity index (χ0) is 12.9. The van der Waals surface area contributed by atoms with E-state index in [1.165, 1.54) is 76.2 Å². The van der Waals surface area contributed by atoms with Crippen molar-refractivity contribution < 1.29 is 0 Å². The quantitative estimate of drug-likeness (QED) is 0.303. The van der Waals surface area contributed by atoms with Crippen molar-refractivity contribution in [2.24, 2.45) is 0 Å². The fraction of sp³-hybridized carbons (Fsp3) is 0.647. The summed E-state index contributed by atoms with van der Waals surface area (Å²) in [6.07, 6.45) is 17.2. The van der Waals surface area contributed by atoms with Crippen LogP contribution >= 0.6 is 11.3 Å². The second-order valence-corrected chi connectivity index (χ2v) is 5.92. The van der Waals surface area contributed by atoms with Crippen LogP contribution in [0.1, 0.15) is 69.8 Å². The van der Waals surface area contributed by atoms with Crippen LogP contribution < -0.4 is 0 Å². The van der Waals surface area contributed by atoms with E-state index in [0.29, 0.717) is 0 Å². The van der Waals surface area contributed by atoms with Crippen molar-refractivity contribution in [2.75, 3.05) is 0 Å². The minimum Gasteiger partial charge on any atom is -0.152 e. The van der Waals surface area contributed by atoms with Gasteiger partial charge in [0.05, 0.1) is 0 Å². The summed E-state index contributed by atoms with van der Waals surface area (Å²) in [5.74, 6) is 0. The molecule has 18 heavy (non-hydrogen) atoms. The smallest absolute Gasteiger partial charge is 0.00613 e. The maximum absolute atomic E-state index is 3.76. The fourth-order valence-corrected chi connectivity index (χ4v) is 2.99. The molecule has 1 aromatic rings. The topological polar surface area (TPSA) is 0 Å². The molecule has 0 bridgehead atoms. The molecular weight excluding hydrogens is 236 g/mol. The summed E-state index contributed by atoms with van der Waals surface area (Å²) < 4.78 is 0. The van der Waals surface area contributed by atoms with E-state index in [-0.39, 0.29) is 0 Å². The lowest BCUT2D eigenvalue weighted by Crippen LogP contribution is -1.84.